The van der Waals surface area contributed by atoms with Crippen LogP contribution >= 0.6 is 0 Å². The molecule has 0 aromatic rings. The number of allylic oxidation sites excluding steroid dienone is 1. The van der Waals surface area contributed by atoms with E-state index in [1.54, 1.807) is 19.1 Å². The van der Waals surface area contributed by atoms with Crippen LogP contribution in [0.1, 0.15) is 73.1 Å². The highest BCUT2D eigenvalue weighted by Crippen LogP contribution is 2.72. The van der Waals surface area contributed by atoms with Crippen molar-refractivity contribution in [3.8, 4) is 0 Å². The second kappa shape index (κ2) is 6.83. The second-order valence-electron chi connectivity index (χ2n) is 12.7. The molecule has 4 aliphatic carbocycles. The van der Waals surface area contributed by atoms with E-state index in [0.29, 0.717) is 24.8 Å². The Morgan fingerprint density at radius 2 is 1.79 bits per heavy atom. The first-order valence-electron chi connectivity index (χ1n) is 13.1. The lowest BCUT2D eigenvalue weighted by molar-refractivity contribution is -0.202. The van der Waals surface area contributed by atoms with E-state index in [2.05, 4.69) is 6.92 Å². The number of rotatable bonds is 2. The fourth-order valence-electron chi connectivity index (χ4n) is 9.27. The molecule has 186 valence electrons. The highest BCUT2D eigenvalue weighted by atomic mass is 16.6. The Hall–Kier alpha value is -1.50. The predicted octanol–water partition coefficient (Wildman–Crippen LogP) is 3.50. The Morgan fingerprint density at radius 3 is 2.50 bits per heavy atom. The summed E-state index contributed by atoms with van der Waals surface area (Å²) in [5.41, 5.74) is -1.60. The van der Waals surface area contributed by atoms with Crippen LogP contribution in [0.4, 0.5) is 0 Å². The molecule has 4 fully saturated rings. The molecular weight excluding hydrogens is 432 g/mol. The van der Waals surface area contributed by atoms with Crippen LogP contribution in [0.3, 0.4) is 0 Å². The summed E-state index contributed by atoms with van der Waals surface area (Å²) in [5, 5.41) is 24.0. The van der Waals surface area contributed by atoms with Crippen molar-refractivity contribution in [3.05, 3.63) is 23.3 Å². The second-order valence-corrected chi connectivity index (χ2v) is 12.7. The highest BCUT2D eigenvalue weighted by molar-refractivity contribution is 5.97. The molecule has 11 atom stereocenters. The van der Waals surface area contributed by atoms with Gasteiger partial charge in [-0.05, 0) is 82.1 Å². The SMILES string of the molecule is CC1=C(C)C(=O)OC([C@@H](C)[C@@]2(O)CCC3C4C(CC[C@@]32C)[C@]2(C)C(=O)C=CC[C@]2(O)[C@H]2O[C@@H]42)C1. The Kier molecular flexibility index (Phi) is 4.61. The molecule has 4 unspecified atom stereocenters. The molecule has 34 heavy (non-hydrogen) atoms. The lowest BCUT2D eigenvalue weighted by Gasteiger charge is -2.61. The molecule has 1 saturated heterocycles. The summed E-state index contributed by atoms with van der Waals surface area (Å²) in [6.07, 6.45) is 6.96. The van der Waals surface area contributed by atoms with Gasteiger partial charge in [0, 0.05) is 17.9 Å². The first-order chi connectivity index (χ1) is 15.9. The number of ketones is 1. The molecule has 6 aliphatic rings. The fraction of sp³-hybridized carbons (Fsp3) is 0.786. The molecule has 3 saturated carbocycles. The number of aliphatic hydroxyl groups is 2. The Morgan fingerprint density at radius 1 is 1.09 bits per heavy atom. The normalized spacial score (nSPS) is 54.6. The van der Waals surface area contributed by atoms with Crippen molar-refractivity contribution in [2.24, 2.45) is 34.5 Å². The van der Waals surface area contributed by atoms with Crippen molar-refractivity contribution in [2.75, 3.05) is 0 Å². The van der Waals surface area contributed by atoms with Gasteiger partial charge in [0.05, 0.1) is 17.1 Å². The zero-order valence-electron chi connectivity index (χ0n) is 21.0. The summed E-state index contributed by atoms with van der Waals surface area (Å²) in [6, 6.07) is 0. The molecule has 0 bridgehead atoms. The van der Waals surface area contributed by atoms with Crippen LogP contribution in [0, 0.1) is 34.5 Å². The minimum Gasteiger partial charge on any atom is -0.458 e. The number of hydrogen-bond donors (Lipinski definition) is 2. The Balaban J connectivity index is 1.34. The molecule has 0 aromatic carbocycles. The van der Waals surface area contributed by atoms with Crippen LogP contribution in [0.2, 0.25) is 0 Å². The van der Waals surface area contributed by atoms with Gasteiger partial charge in [0.15, 0.2) is 5.78 Å². The Labute approximate surface area is 201 Å². The summed E-state index contributed by atoms with van der Waals surface area (Å²) in [6.45, 7) is 9.99. The Bertz CT molecular complexity index is 1030. The monoisotopic (exact) mass is 470 g/mol. The largest absolute Gasteiger partial charge is 0.458 e. The summed E-state index contributed by atoms with van der Waals surface area (Å²) in [7, 11) is 0. The molecule has 2 heterocycles. The average molecular weight is 471 g/mol. The topological polar surface area (TPSA) is 96.4 Å². The van der Waals surface area contributed by atoms with Gasteiger partial charge in [0.2, 0.25) is 0 Å². The van der Waals surface area contributed by atoms with Crippen LogP contribution in [-0.4, -0.2) is 51.5 Å². The predicted molar refractivity (Wildman–Crippen MR) is 125 cm³/mol. The number of fused-ring (bicyclic) bond motifs is 8. The summed E-state index contributed by atoms with van der Waals surface area (Å²) >= 11 is 0. The zero-order chi connectivity index (χ0) is 24.4. The van der Waals surface area contributed by atoms with Gasteiger partial charge in [0.25, 0.3) is 0 Å². The minimum atomic E-state index is -1.14. The molecule has 6 heteroatoms. The van der Waals surface area contributed by atoms with E-state index in [1.165, 1.54) is 0 Å². The van der Waals surface area contributed by atoms with Crippen LogP contribution in [0.5, 0.6) is 0 Å². The van der Waals surface area contributed by atoms with Gasteiger partial charge in [-0.2, -0.15) is 0 Å². The molecule has 0 aromatic heterocycles. The van der Waals surface area contributed by atoms with E-state index in [9.17, 15) is 19.8 Å². The standard InChI is InChI=1S/C28H38O6/c1-14-13-19(33-24(30)15(14)2)16(3)27(31)12-9-17-21-18(8-11-25(17,27)4)26(5)20(29)7-6-10-28(26,32)23-22(21)34-23/h6-7,16-19,21-23,31-32H,8-13H2,1-5H3/t16-,17?,18?,19?,21?,22+,23+,25+,26-,27+,28+/m1/s1. The molecular formula is C28H38O6. The summed E-state index contributed by atoms with van der Waals surface area (Å²) < 4.78 is 12.0. The molecule has 0 spiro atoms. The lowest BCUT2D eigenvalue weighted by Crippen LogP contribution is -2.68. The van der Waals surface area contributed by atoms with E-state index in [0.717, 1.165) is 24.8 Å². The minimum absolute atomic E-state index is 0.0159. The van der Waals surface area contributed by atoms with Crippen molar-refractivity contribution in [1.29, 1.82) is 0 Å². The third-order valence-electron chi connectivity index (χ3n) is 11.8. The van der Waals surface area contributed by atoms with Crippen molar-refractivity contribution in [2.45, 2.75) is 103 Å². The quantitative estimate of drug-likeness (QED) is 0.474. The molecule has 2 aliphatic heterocycles. The molecule has 0 amide bonds. The van der Waals surface area contributed by atoms with E-state index in [4.69, 9.17) is 9.47 Å². The number of ether oxygens (including phenoxy) is 2. The first kappa shape index (κ1) is 22.9. The summed E-state index contributed by atoms with van der Waals surface area (Å²) in [5.74, 6) is -0.0746. The van der Waals surface area contributed by atoms with Gasteiger partial charge in [-0.3, -0.25) is 4.79 Å². The van der Waals surface area contributed by atoms with Crippen molar-refractivity contribution >= 4 is 11.8 Å². The number of carbonyl (C=O) groups excluding carboxylic acids is 2. The van der Waals surface area contributed by atoms with Gasteiger partial charge >= 0.3 is 5.97 Å². The van der Waals surface area contributed by atoms with Gasteiger partial charge < -0.3 is 19.7 Å². The van der Waals surface area contributed by atoms with Gasteiger partial charge in [-0.15, -0.1) is 0 Å². The fourth-order valence-corrected chi connectivity index (χ4v) is 9.27. The lowest BCUT2D eigenvalue weighted by atomic mass is 9.43. The highest BCUT2D eigenvalue weighted by Gasteiger charge is 2.78. The van der Waals surface area contributed by atoms with Crippen LogP contribution in [0.25, 0.3) is 0 Å². The number of esters is 1. The number of hydrogen-bond acceptors (Lipinski definition) is 6. The van der Waals surface area contributed by atoms with E-state index >= 15 is 0 Å². The number of cyclic esters (lactones) is 1. The maximum absolute atomic E-state index is 13.3. The average Bonchev–Trinajstić information content (AvgIpc) is 3.55. The summed E-state index contributed by atoms with van der Waals surface area (Å²) in [4.78, 5) is 25.7. The molecule has 2 N–H and O–H groups in total. The van der Waals surface area contributed by atoms with Crippen LogP contribution < -0.4 is 0 Å². The van der Waals surface area contributed by atoms with Crippen molar-refractivity contribution in [1.82, 2.24) is 0 Å². The maximum atomic E-state index is 13.3. The third kappa shape index (κ3) is 2.48. The maximum Gasteiger partial charge on any atom is 0.333 e. The third-order valence-corrected chi connectivity index (χ3v) is 11.8. The molecule has 0 radical (unpaired) electrons. The van der Waals surface area contributed by atoms with Crippen molar-refractivity contribution in [3.63, 3.8) is 0 Å². The zero-order valence-corrected chi connectivity index (χ0v) is 21.0. The number of epoxide rings is 1. The van der Waals surface area contributed by atoms with Crippen LogP contribution in [0.15, 0.2) is 23.3 Å². The van der Waals surface area contributed by atoms with Crippen LogP contribution in [-0.2, 0) is 19.1 Å². The van der Waals surface area contributed by atoms with Crippen molar-refractivity contribution < 1.29 is 29.3 Å². The van der Waals surface area contributed by atoms with Gasteiger partial charge in [-0.1, -0.05) is 25.5 Å². The van der Waals surface area contributed by atoms with E-state index in [1.807, 2.05) is 20.8 Å². The van der Waals surface area contributed by atoms with E-state index in [-0.39, 0.29) is 59.2 Å². The van der Waals surface area contributed by atoms with E-state index < -0.39 is 16.6 Å². The molecule has 6 nitrogen and oxygen atoms in total. The molecule has 6 rings (SSSR count). The van der Waals surface area contributed by atoms with Gasteiger partial charge in [-0.25, -0.2) is 4.79 Å². The first-order valence-corrected chi connectivity index (χ1v) is 13.1. The van der Waals surface area contributed by atoms with Gasteiger partial charge in [0.1, 0.15) is 17.8 Å². The number of carbonyl (C=O) groups is 2. The smallest absolute Gasteiger partial charge is 0.333 e.